The van der Waals surface area contributed by atoms with Crippen molar-refractivity contribution in [2.75, 3.05) is 11.9 Å². The predicted molar refractivity (Wildman–Crippen MR) is 124 cm³/mol. The smallest absolute Gasteiger partial charge is 0.337 e. The van der Waals surface area contributed by atoms with E-state index >= 15 is 0 Å². The zero-order chi connectivity index (χ0) is 22.3. The van der Waals surface area contributed by atoms with Crippen LogP contribution in [0.3, 0.4) is 0 Å². The molecule has 0 amide bonds. The molecule has 4 nitrogen and oxygen atoms in total. The zero-order valence-electron chi connectivity index (χ0n) is 19.3. The van der Waals surface area contributed by atoms with Gasteiger partial charge in [0, 0.05) is 17.8 Å². The molecule has 2 aromatic carbocycles. The first kappa shape index (κ1) is 23.9. The van der Waals surface area contributed by atoms with Gasteiger partial charge in [-0.15, -0.1) is 0 Å². The van der Waals surface area contributed by atoms with Crippen LogP contribution in [0.4, 0.5) is 5.69 Å². The lowest BCUT2D eigenvalue weighted by Gasteiger charge is -2.29. The highest BCUT2D eigenvalue weighted by atomic mass is 16.5. The van der Waals surface area contributed by atoms with E-state index < -0.39 is 17.7 Å². The van der Waals surface area contributed by atoms with Gasteiger partial charge in [-0.2, -0.15) is 0 Å². The monoisotopic (exact) mass is 411 g/mol. The third-order valence-corrected chi connectivity index (χ3v) is 5.23. The first-order valence-electron chi connectivity index (χ1n) is 11.0. The van der Waals surface area contributed by atoms with Crippen molar-refractivity contribution in [1.29, 1.82) is 0 Å². The lowest BCUT2D eigenvalue weighted by Crippen LogP contribution is -2.29. The first-order valence-corrected chi connectivity index (χ1v) is 11.0. The molecule has 1 atom stereocenters. The molecule has 0 aliphatic rings. The molecule has 0 radical (unpaired) electrons. The second-order valence-corrected chi connectivity index (χ2v) is 8.97. The molecule has 0 saturated carbocycles. The highest BCUT2D eigenvalue weighted by Crippen LogP contribution is 2.36. The molecule has 0 aliphatic heterocycles. The summed E-state index contributed by atoms with van der Waals surface area (Å²) in [6, 6.07) is 12.6. The number of carboxylic acid groups (broad SMARTS) is 1. The quantitative estimate of drug-likeness (QED) is 0.454. The van der Waals surface area contributed by atoms with Crippen molar-refractivity contribution in [1.82, 2.24) is 0 Å². The largest absolute Gasteiger partial charge is 0.479 e. The molecule has 2 rings (SSSR count). The van der Waals surface area contributed by atoms with Crippen LogP contribution in [0.25, 0.3) is 0 Å². The van der Waals surface area contributed by atoms with Crippen LogP contribution in [0.2, 0.25) is 0 Å². The molecule has 0 aromatic heterocycles. The molecular weight excluding hydrogens is 374 g/mol. The average molecular weight is 412 g/mol. The number of aliphatic carboxylic acids is 1. The van der Waals surface area contributed by atoms with Crippen LogP contribution >= 0.6 is 0 Å². The van der Waals surface area contributed by atoms with Crippen LogP contribution in [0.1, 0.15) is 74.5 Å². The van der Waals surface area contributed by atoms with Crippen molar-refractivity contribution in [2.45, 2.75) is 78.9 Å². The van der Waals surface area contributed by atoms with E-state index in [9.17, 15) is 9.90 Å². The van der Waals surface area contributed by atoms with Gasteiger partial charge >= 0.3 is 5.97 Å². The van der Waals surface area contributed by atoms with Crippen LogP contribution in [-0.2, 0) is 22.4 Å². The van der Waals surface area contributed by atoms with Gasteiger partial charge in [-0.25, -0.2) is 4.79 Å². The van der Waals surface area contributed by atoms with Gasteiger partial charge < -0.3 is 15.2 Å². The summed E-state index contributed by atoms with van der Waals surface area (Å²) < 4.78 is 6.02. The highest BCUT2D eigenvalue weighted by Gasteiger charge is 2.31. The molecule has 0 spiro atoms. The maximum Gasteiger partial charge on any atom is 0.337 e. The van der Waals surface area contributed by atoms with Crippen molar-refractivity contribution < 1.29 is 14.6 Å². The van der Waals surface area contributed by atoms with Gasteiger partial charge in [0.25, 0.3) is 0 Å². The third kappa shape index (κ3) is 6.60. The predicted octanol–water partition coefficient (Wildman–Crippen LogP) is 6.24. The van der Waals surface area contributed by atoms with Gasteiger partial charge in [0.2, 0.25) is 0 Å². The maximum atomic E-state index is 12.2. The van der Waals surface area contributed by atoms with Gasteiger partial charge in [0.15, 0.2) is 6.10 Å². The van der Waals surface area contributed by atoms with Gasteiger partial charge in [-0.3, -0.25) is 0 Å². The van der Waals surface area contributed by atoms with Gasteiger partial charge in [-0.1, -0.05) is 43.7 Å². The molecule has 0 bridgehead atoms. The summed E-state index contributed by atoms with van der Waals surface area (Å²) in [6.45, 7) is 12.7. The molecular formula is C26H37NO3. The number of hydrogen-bond donors (Lipinski definition) is 2. The normalized spacial score (nSPS) is 12.6. The third-order valence-electron chi connectivity index (χ3n) is 5.23. The van der Waals surface area contributed by atoms with E-state index in [-0.39, 0.29) is 0 Å². The summed E-state index contributed by atoms with van der Waals surface area (Å²) in [4.78, 5) is 12.2. The fourth-order valence-corrected chi connectivity index (χ4v) is 3.86. The number of aryl methyl sites for hydroxylation is 2. The van der Waals surface area contributed by atoms with E-state index in [2.05, 4.69) is 49.5 Å². The van der Waals surface area contributed by atoms with Gasteiger partial charge in [-0.05, 0) is 82.2 Å². The van der Waals surface area contributed by atoms with Gasteiger partial charge in [0.1, 0.15) is 0 Å². The number of hydrogen-bond acceptors (Lipinski definition) is 3. The minimum absolute atomic E-state index is 0.550. The van der Waals surface area contributed by atoms with E-state index in [4.69, 9.17) is 4.74 Å². The fourth-order valence-electron chi connectivity index (χ4n) is 3.86. The zero-order valence-corrected chi connectivity index (χ0v) is 19.3. The average Bonchev–Trinajstić information content (AvgIpc) is 2.67. The summed E-state index contributed by atoms with van der Waals surface area (Å²) in [6.07, 6.45) is 2.84. The Morgan fingerprint density at radius 1 is 1.13 bits per heavy atom. The minimum atomic E-state index is -0.976. The molecule has 0 aliphatic carbocycles. The highest BCUT2D eigenvalue weighted by molar-refractivity contribution is 5.77. The molecule has 0 heterocycles. The van der Waals surface area contributed by atoms with E-state index in [1.807, 2.05) is 33.8 Å². The molecule has 1 unspecified atom stereocenters. The minimum Gasteiger partial charge on any atom is -0.479 e. The van der Waals surface area contributed by atoms with Crippen molar-refractivity contribution in [3.05, 3.63) is 64.2 Å². The summed E-state index contributed by atoms with van der Waals surface area (Å²) in [5, 5.41) is 13.5. The maximum absolute atomic E-state index is 12.2. The Labute approximate surface area is 181 Å². The van der Waals surface area contributed by atoms with Crippen LogP contribution in [0.15, 0.2) is 36.4 Å². The molecule has 2 N–H and O–H groups in total. The van der Waals surface area contributed by atoms with E-state index in [0.29, 0.717) is 0 Å². The molecule has 4 heteroatoms. The van der Waals surface area contributed by atoms with Crippen molar-refractivity contribution >= 4 is 11.7 Å². The Morgan fingerprint density at radius 3 is 2.37 bits per heavy atom. The number of ether oxygens (including phenoxy) is 1. The van der Waals surface area contributed by atoms with Crippen molar-refractivity contribution in [2.24, 2.45) is 0 Å². The summed E-state index contributed by atoms with van der Waals surface area (Å²) in [5.74, 6) is -0.939. The molecule has 164 valence electrons. The standard InChI is InChI=1S/C26H37NO3/c1-7-12-21-18(2)17-22(27-16-11-15-20-13-9-8-10-14-20)19(3)23(21)24(25(28)29)30-26(4,5)6/h8-10,13-14,17,24,27H,7,11-12,15-16H2,1-6H3,(H,28,29). The molecule has 30 heavy (non-hydrogen) atoms. The SMILES string of the molecule is CCCc1c(C)cc(NCCCc2ccccc2)c(C)c1C(OC(C)(C)C)C(=O)O. The Kier molecular flexibility index (Phi) is 8.48. The number of anilines is 1. The first-order chi connectivity index (χ1) is 14.1. The van der Waals surface area contributed by atoms with E-state index in [0.717, 1.165) is 60.2 Å². The van der Waals surface area contributed by atoms with Gasteiger partial charge in [0.05, 0.1) is 5.60 Å². The topological polar surface area (TPSA) is 58.6 Å². The number of carbonyl (C=O) groups is 1. The number of nitrogens with one attached hydrogen (secondary N) is 1. The van der Waals surface area contributed by atoms with Crippen molar-refractivity contribution in [3.8, 4) is 0 Å². The summed E-state index contributed by atoms with van der Waals surface area (Å²) in [7, 11) is 0. The van der Waals surface area contributed by atoms with Crippen LogP contribution in [-0.4, -0.2) is 23.2 Å². The Bertz CT molecular complexity index is 838. The molecule has 0 saturated heterocycles. The second-order valence-electron chi connectivity index (χ2n) is 8.97. The molecule has 2 aromatic rings. The van der Waals surface area contributed by atoms with E-state index in [1.165, 1.54) is 5.56 Å². The molecule has 0 fully saturated rings. The lowest BCUT2D eigenvalue weighted by atomic mass is 9.89. The number of carboxylic acids is 1. The summed E-state index contributed by atoms with van der Waals surface area (Å²) >= 11 is 0. The fraction of sp³-hybridized carbons (Fsp3) is 0.500. The van der Waals surface area contributed by atoms with Crippen molar-refractivity contribution in [3.63, 3.8) is 0 Å². The Balaban J connectivity index is 2.30. The lowest BCUT2D eigenvalue weighted by molar-refractivity contribution is -0.160. The number of rotatable bonds is 10. The van der Waals surface area contributed by atoms with Crippen LogP contribution < -0.4 is 5.32 Å². The summed E-state index contributed by atoms with van der Waals surface area (Å²) in [5.41, 5.74) is 5.78. The van der Waals surface area contributed by atoms with Crippen LogP contribution in [0.5, 0.6) is 0 Å². The second kappa shape index (κ2) is 10.6. The Hall–Kier alpha value is -2.33. The number of benzene rings is 2. The Morgan fingerprint density at radius 2 is 1.80 bits per heavy atom. The van der Waals surface area contributed by atoms with E-state index in [1.54, 1.807) is 0 Å². The van der Waals surface area contributed by atoms with Crippen LogP contribution in [0, 0.1) is 13.8 Å².